The van der Waals surface area contributed by atoms with Gasteiger partial charge in [0.1, 0.15) is 36.4 Å². The Morgan fingerprint density at radius 1 is 0.903 bits per heavy atom. The number of hydrogen-bond donors (Lipinski definition) is 1. The molecule has 3 aromatic carbocycles. The Morgan fingerprint density at radius 2 is 1.48 bits per heavy atom. The number of ether oxygens (including phenoxy) is 2. The molecule has 0 spiro atoms. The number of nitriles is 1. The van der Waals surface area contributed by atoms with Gasteiger partial charge in [0.05, 0.1) is 0 Å². The highest BCUT2D eigenvalue weighted by Crippen LogP contribution is 2.17. The topological polar surface area (TPSA) is 71.3 Å². The van der Waals surface area contributed by atoms with E-state index in [0.29, 0.717) is 25.5 Å². The van der Waals surface area contributed by atoms with Crippen LogP contribution in [0.5, 0.6) is 11.5 Å². The van der Waals surface area contributed by atoms with Crippen LogP contribution >= 0.6 is 15.9 Å². The van der Waals surface area contributed by atoms with Crippen molar-refractivity contribution >= 4 is 27.9 Å². The van der Waals surface area contributed by atoms with Crippen molar-refractivity contribution in [2.75, 3.05) is 13.2 Å². The van der Waals surface area contributed by atoms with Crippen LogP contribution in [0.2, 0.25) is 0 Å². The third-order valence-corrected chi connectivity index (χ3v) is 4.82. The molecule has 1 N–H and O–H groups in total. The van der Waals surface area contributed by atoms with E-state index in [1.165, 1.54) is 0 Å². The maximum absolute atomic E-state index is 12.3. The molecule has 0 saturated carbocycles. The molecule has 5 nitrogen and oxygen atoms in total. The SMILES string of the molecule is N#C/C(=C\c1ccc(OCCOc2ccc(Br)cc2)cc1)C(=O)NCc1ccccc1. The zero-order valence-corrected chi connectivity index (χ0v) is 18.3. The van der Waals surface area contributed by atoms with E-state index in [2.05, 4.69) is 21.2 Å². The van der Waals surface area contributed by atoms with Gasteiger partial charge in [0.25, 0.3) is 5.91 Å². The molecule has 1 amide bonds. The Labute approximate surface area is 190 Å². The van der Waals surface area contributed by atoms with E-state index < -0.39 is 5.91 Å². The average molecular weight is 477 g/mol. The van der Waals surface area contributed by atoms with E-state index in [-0.39, 0.29) is 5.57 Å². The van der Waals surface area contributed by atoms with Gasteiger partial charge < -0.3 is 14.8 Å². The smallest absolute Gasteiger partial charge is 0.262 e. The van der Waals surface area contributed by atoms with Crippen molar-refractivity contribution in [2.24, 2.45) is 0 Å². The average Bonchev–Trinajstić information content (AvgIpc) is 2.81. The van der Waals surface area contributed by atoms with Gasteiger partial charge in [-0.15, -0.1) is 0 Å². The molecular weight excluding hydrogens is 456 g/mol. The number of carbonyl (C=O) groups is 1. The van der Waals surface area contributed by atoms with E-state index in [9.17, 15) is 10.1 Å². The maximum atomic E-state index is 12.3. The van der Waals surface area contributed by atoms with E-state index in [0.717, 1.165) is 21.3 Å². The monoisotopic (exact) mass is 476 g/mol. The molecule has 0 heterocycles. The first-order valence-electron chi connectivity index (χ1n) is 9.69. The van der Waals surface area contributed by atoms with Crippen molar-refractivity contribution in [2.45, 2.75) is 6.54 Å². The normalized spacial score (nSPS) is 10.8. The molecule has 31 heavy (non-hydrogen) atoms. The first-order chi connectivity index (χ1) is 15.1. The van der Waals surface area contributed by atoms with Crippen LogP contribution in [0, 0.1) is 11.3 Å². The molecule has 0 unspecified atom stereocenters. The highest BCUT2D eigenvalue weighted by atomic mass is 79.9. The molecule has 0 saturated heterocycles. The molecule has 3 aromatic rings. The third kappa shape index (κ3) is 7.32. The predicted octanol–water partition coefficient (Wildman–Crippen LogP) is 5.13. The minimum absolute atomic E-state index is 0.0486. The summed E-state index contributed by atoms with van der Waals surface area (Å²) in [7, 11) is 0. The van der Waals surface area contributed by atoms with Gasteiger partial charge in [-0.3, -0.25) is 4.79 Å². The van der Waals surface area contributed by atoms with Crippen LogP contribution < -0.4 is 14.8 Å². The van der Waals surface area contributed by atoms with Gasteiger partial charge in [-0.1, -0.05) is 58.4 Å². The lowest BCUT2D eigenvalue weighted by Gasteiger charge is -2.09. The third-order valence-electron chi connectivity index (χ3n) is 4.29. The van der Waals surface area contributed by atoms with Gasteiger partial charge in [0, 0.05) is 11.0 Å². The second kappa shape index (κ2) is 11.6. The highest BCUT2D eigenvalue weighted by Gasteiger charge is 2.08. The first-order valence-corrected chi connectivity index (χ1v) is 10.5. The van der Waals surface area contributed by atoms with Gasteiger partial charge >= 0.3 is 0 Å². The summed E-state index contributed by atoms with van der Waals surface area (Å²) < 4.78 is 12.3. The fraction of sp³-hybridized carbons (Fsp3) is 0.120. The molecule has 0 radical (unpaired) electrons. The lowest BCUT2D eigenvalue weighted by atomic mass is 10.1. The van der Waals surface area contributed by atoms with Crippen LogP contribution in [-0.2, 0) is 11.3 Å². The lowest BCUT2D eigenvalue weighted by molar-refractivity contribution is -0.117. The van der Waals surface area contributed by atoms with Crippen molar-refractivity contribution in [3.63, 3.8) is 0 Å². The molecule has 6 heteroatoms. The molecule has 0 bridgehead atoms. The molecule has 0 aliphatic heterocycles. The number of hydrogen-bond acceptors (Lipinski definition) is 4. The number of amides is 1. The summed E-state index contributed by atoms with van der Waals surface area (Å²) in [5, 5.41) is 12.1. The van der Waals surface area contributed by atoms with Gasteiger partial charge in [-0.05, 0) is 53.6 Å². The van der Waals surface area contributed by atoms with Crippen molar-refractivity contribution in [3.05, 3.63) is 100 Å². The molecule has 0 atom stereocenters. The molecule has 0 fully saturated rings. The quantitative estimate of drug-likeness (QED) is 0.264. The molecule has 0 aliphatic rings. The summed E-state index contributed by atoms with van der Waals surface area (Å²) >= 11 is 3.38. The van der Waals surface area contributed by atoms with Gasteiger partial charge in [0.2, 0.25) is 0 Å². The zero-order valence-electron chi connectivity index (χ0n) is 16.8. The first kappa shape index (κ1) is 22.1. The summed E-state index contributed by atoms with van der Waals surface area (Å²) in [5.74, 6) is 1.06. The number of carbonyl (C=O) groups excluding carboxylic acids is 1. The second-order valence-electron chi connectivity index (χ2n) is 6.56. The molecule has 3 rings (SSSR count). The minimum atomic E-state index is -0.406. The standard InChI is InChI=1S/C25H21BrN2O3/c26-22-8-12-24(13-9-22)31-15-14-30-23-10-6-19(7-11-23)16-21(17-27)25(29)28-18-20-4-2-1-3-5-20/h1-13,16H,14-15,18H2,(H,28,29)/b21-16+. The second-order valence-corrected chi connectivity index (χ2v) is 7.47. The summed E-state index contributed by atoms with van der Waals surface area (Å²) in [6.45, 7) is 1.19. The number of nitrogens with zero attached hydrogens (tertiary/aromatic N) is 1. The lowest BCUT2D eigenvalue weighted by Crippen LogP contribution is -2.23. The van der Waals surface area contributed by atoms with Crippen LogP contribution in [-0.4, -0.2) is 19.1 Å². The number of halogens is 1. The summed E-state index contributed by atoms with van der Waals surface area (Å²) in [5.41, 5.74) is 1.76. The Hall–Kier alpha value is -3.56. The largest absolute Gasteiger partial charge is 0.490 e. The van der Waals surface area contributed by atoms with Crippen LogP contribution in [0.25, 0.3) is 6.08 Å². The Morgan fingerprint density at radius 3 is 2.06 bits per heavy atom. The van der Waals surface area contributed by atoms with E-state index >= 15 is 0 Å². The van der Waals surface area contributed by atoms with Crippen molar-refractivity contribution < 1.29 is 14.3 Å². The predicted molar refractivity (Wildman–Crippen MR) is 123 cm³/mol. The number of rotatable bonds is 9. The summed E-state index contributed by atoms with van der Waals surface area (Å²) in [4.78, 5) is 12.3. The van der Waals surface area contributed by atoms with Crippen LogP contribution in [0.1, 0.15) is 11.1 Å². The van der Waals surface area contributed by atoms with Gasteiger partial charge in [0.15, 0.2) is 0 Å². The maximum Gasteiger partial charge on any atom is 0.262 e. The van der Waals surface area contributed by atoms with E-state index in [1.54, 1.807) is 30.3 Å². The molecular formula is C25H21BrN2O3. The van der Waals surface area contributed by atoms with Crippen LogP contribution in [0.15, 0.2) is 88.9 Å². The summed E-state index contributed by atoms with van der Waals surface area (Å²) in [6, 6.07) is 26.3. The fourth-order valence-electron chi connectivity index (χ4n) is 2.70. The summed E-state index contributed by atoms with van der Waals surface area (Å²) in [6.07, 6.45) is 1.56. The number of nitrogens with one attached hydrogen (secondary N) is 1. The Bertz CT molecular complexity index is 1060. The number of benzene rings is 3. The van der Waals surface area contributed by atoms with Crippen LogP contribution in [0.4, 0.5) is 0 Å². The van der Waals surface area contributed by atoms with Gasteiger partial charge in [-0.2, -0.15) is 5.26 Å². The van der Waals surface area contributed by atoms with Crippen molar-refractivity contribution in [1.29, 1.82) is 5.26 Å². The van der Waals surface area contributed by atoms with Crippen molar-refractivity contribution in [3.8, 4) is 17.6 Å². The molecule has 0 aliphatic carbocycles. The molecule has 0 aromatic heterocycles. The van der Waals surface area contributed by atoms with E-state index in [4.69, 9.17) is 9.47 Å². The Balaban J connectivity index is 1.48. The fourth-order valence-corrected chi connectivity index (χ4v) is 2.96. The minimum Gasteiger partial charge on any atom is -0.490 e. The molecule has 156 valence electrons. The highest BCUT2D eigenvalue weighted by molar-refractivity contribution is 9.10. The van der Waals surface area contributed by atoms with Crippen molar-refractivity contribution in [1.82, 2.24) is 5.32 Å². The Kier molecular flexibility index (Phi) is 8.27. The van der Waals surface area contributed by atoms with E-state index in [1.807, 2.05) is 60.7 Å². The van der Waals surface area contributed by atoms with Crippen LogP contribution in [0.3, 0.4) is 0 Å². The van der Waals surface area contributed by atoms with Gasteiger partial charge in [-0.25, -0.2) is 0 Å². The zero-order chi connectivity index (χ0) is 21.9.